The maximum atomic E-state index is 12.4. The van der Waals surface area contributed by atoms with Gasteiger partial charge in [0.15, 0.2) is 5.13 Å². The van der Waals surface area contributed by atoms with E-state index < -0.39 is 5.97 Å². The van der Waals surface area contributed by atoms with Crippen molar-refractivity contribution >= 4 is 28.3 Å². The normalized spacial score (nSPS) is 24.9. The molecule has 2 atom stereocenters. The average Bonchev–Trinajstić information content (AvgIpc) is 3.30. The van der Waals surface area contributed by atoms with Crippen LogP contribution in [0.15, 0.2) is 6.20 Å². The van der Waals surface area contributed by atoms with E-state index in [0.717, 1.165) is 19.3 Å². The number of hydrogen-bond acceptors (Lipinski definition) is 5. The van der Waals surface area contributed by atoms with Gasteiger partial charge in [0.1, 0.15) is 4.88 Å². The zero-order valence-corrected chi connectivity index (χ0v) is 11.8. The smallest absolute Gasteiger partial charge is 0.349 e. The van der Waals surface area contributed by atoms with Crippen LogP contribution in [0, 0.1) is 11.8 Å². The number of thiazole rings is 1. The molecule has 102 valence electrons. The molecule has 0 aromatic carbocycles. The molecule has 2 saturated carbocycles. The Morgan fingerprint density at radius 2 is 2.16 bits per heavy atom. The van der Waals surface area contributed by atoms with Crippen LogP contribution in [0.25, 0.3) is 0 Å². The molecular formula is C13H16N2O3S. The minimum absolute atomic E-state index is 0.145. The summed E-state index contributed by atoms with van der Waals surface area (Å²) >= 11 is 1.24. The summed E-state index contributed by atoms with van der Waals surface area (Å²) in [4.78, 5) is 30.3. The third-order valence-corrected chi connectivity index (χ3v) is 4.64. The molecule has 0 radical (unpaired) electrons. The van der Waals surface area contributed by atoms with Gasteiger partial charge in [0.05, 0.1) is 13.3 Å². The maximum Gasteiger partial charge on any atom is 0.349 e. The number of methoxy groups -OCH3 is 1. The van der Waals surface area contributed by atoms with Crippen LogP contribution < -0.4 is 4.90 Å². The van der Waals surface area contributed by atoms with Gasteiger partial charge in [-0.3, -0.25) is 9.69 Å². The second kappa shape index (κ2) is 4.59. The highest BCUT2D eigenvalue weighted by atomic mass is 32.1. The van der Waals surface area contributed by atoms with E-state index in [4.69, 9.17) is 0 Å². The van der Waals surface area contributed by atoms with Gasteiger partial charge < -0.3 is 4.74 Å². The number of anilines is 1. The lowest BCUT2D eigenvalue weighted by atomic mass is 10.3. The van der Waals surface area contributed by atoms with E-state index in [2.05, 4.69) is 16.6 Å². The highest BCUT2D eigenvalue weighted by molar-refractivity contribution is 7.17. The number of carbonyl (C=O) groups excluding carboxylic acids is 2. The van der Waals surface area contributed by atoms with Crippen molar-refractivity contribution in [3.05, 3.63) is 11.1 Å². The molecule has 1 amide bonds. The molecular weight excluding hydrogens is 264 g/mol. The standard InChI is InChI=1S/C13H16N2O3S/c1-7-5-9(7)11(16)15(8-3-4-8)13-14-6-10(19-13)12(17)18-2/h6-9H,3-5H2,1-2H3. The van der Waals surface area contributed by atoms with Gasteiger partial charge in [-0.05, 0) is 25.2 Å². The molecule has 0 aliphatic heterocycles. The molecule has 5 nitrogen and oxygen atoms in total. The van der Waals surface area contributed by atoms with Crippen LogP contribution >= 0.6 is 11.3 Å². The lowest BCUT2D eigenvalue weighted by molar-refractivity contribution is -0.120. The lowest BCUT2D eigenvalue weighted by Gasteiger charge is -2.19. The maximum absolute atomic E-state index is 12.4. The van der Waals surface area contributed by atoms with Crippen molar-refractivity contribution in [3.8, 4) is 0 Å². The second-order valence-corrected chi connectivity index (χ2v) is 6.27. The van der Waals surface area contributed by atoms with Crippen molar-refractivity contribution in [2.75, 3.05) is 12.0 Å². The number of esters is 1. The summed E-state index contributed by atoms with van der Waals surface area (Å²) in [6.45, 7) is 2.09. The Balaban J connectivity index is 1.82. The average molecular weight is 280 g/mol. The van der Waals surface area contributed by atoms with Crippen molar-refractivity contribution in [2.24, 2.45) is 11.8 Å². The Bertz CT molecular complexity index is 524. The topological polar surface area (TPSA) is 59.5 Å². The van der Waals surface area contributed by atoms with Crippen LogP contribution in [-0.4, -0.2) is 30.0 Å². The van der Waals surface area contributed by atoms with Gasteiger partial charge in [-0.15, -0.1) is 0 Å². The number of aromatic nitrogens is 1. The number of ether oxygens (including phenoxy) is 1. The Labute approximate surface area is 115 Å². The fourth-order valence-electron chi connectivity index (χ4n) is 2.18. The van der Waals surface area contributed by atoms with E-state index >= 15 is 0 Å². The van der Waals surface area contributed by atoms with E-state index in [1.807, 2.05) is 0 Å². The molecule has 1 aromatic rings. The van der Waals surface area contributed by atoms with E-state index in [-0.39, 0.29) is 17.9 Å². The first kappa shape index (κ1) is 12.6. The van der Waals surface area contributed by atoms with Crippen LogP contribution in [0.1, 0.15) is 35.9 Å². The predicted octanol–water partition coefficient (Wildman–Crippen LogP) is 2.08. The van der Waals surface area contributed by atoms with Crippen molar-refractivity contribution in [3.63, 3.8) is 0 Å². The monoisotopic (exact) mass is 280 g/mol. The molecule has 0 N–H and O–H groups in total. The minimum atomic E-state index is -0.397. The van der Waals surface area contributed by atoms with Crippen LogP contribution in [0.2, 0.25) is 0 Å². The molecule has 1 heterocycles. The number of hydrogen-bond donors (Lipinski definition) is 0. The van der Waals surface area contributed by atoms with Gasteiger partial charge in [0.25, 0.3) is 0 Å². The largest absolute Gasteiger partial charge is 0.465 e. The Kier molecular flexibility index (Phi) is 3.05. The Morgan fingerprint density at radius 1 is 1.47 bits per heavy atom. The predicted molar refractivity (Wildman–Crippen MR) is 71.2 cm³/mol. The summed E-state index contributed by atoms with van der Waals surface area (Å²) in [5.74, 6) is 0.396. The molecule has 1 aromatic heterocycles. The SMILES string of the molecule is COC(=O)c1cnc(N(C(=O)C2CC2C)C2CC2)s1. The summed E-state index contributed by atoms with van der Waals surface area (Å²) in [7, 11) is 1.34. The highest BCUT2D eigenvalue weighted by Crippen LogP contribution is 2.43. The Morgan fingerprint density at radius 3 is 2.68 bits per heavy atom. The summed E-state index contributed by atoms with van der Waals surface area (Å²) in [6.07, 6.45) is 4.52. The number of rotatable bonds is 4. The van der Waals surface area contributed by atoms with Gasteiger partial charge in [0.2, 0.25) is 5.91 Å². The van der Waals surface area contributed by atoms with Gasteiger partial charge in [-0.1, -0.05) is 18.3 Å². The number of carbonyl (C=O) groups is 2. The zero-order chi connectivity index (χ0) is 13.6. The molecule has 2 aliphatic rings. The zero-order valence-electron chi connectivity index (χ0n) is 11.0. The van der Waals surface area contributed by atoms with Crippen molar-refractivity contribution in [1.29, 1.82) is 0 Å². The van der Waals surface area contributed by atoms with Crippen LogP contribution in [0.3, 0.4) is 0 Å². The van der Waals surface area contributed by atoms with Gasteiger partial charge in [-0.25, -0.2) is 9.78 Å². The fraction of sp³-hybridized carbons (Fsp3) is 0.615. The fourth-order valence-corrected chi connectivity index (χ4v) is 3.09. The van der Waals surface area contributed by atoms with Crippen molar-refractivity contribution < 1.29 is 14.3 Å². The van der Waals surface area contributed by atoms with Gasteiger partial charge in [-0.2, -0.15) is 0 Å². The van der Waals surface area contributed by atoms with Gasteiger partial charge in [0, 0.05) is 12.0 Å². The van der Waals surface area contributed by atoms with Crippen LogP contribution in [0.5, 0.6) is 0 Å². The summed E-state index contributed by atoms with van der Waals surface area (Å²) < 4.78 is 4.67. The van der Waals surface area contributed by atoms with Gasteiger partial charge >= 0.3 is 5.97 Å². The number of nitrogens with zero attached hydrogens (tertiary/aromatic N) is 2. The van der Waals surface area contributed by atoms with Crippen LogP contribution in [0.4, 0.5) is 5.13 Å². The van der Waals surface area contributed by atoms with Crippen molar-refractivity contribution in [1.82, 2.24) is 4.98 Å². The quantitative estimate of drug-likeness (QED) is 0.792. The molecule has 6 heteroatoms. The first-order chi connectivity index (χ1) is 9.11. The summed E-state index contributed by atoms with van der Waals surface area (Å²) in [5, 5.41) is 0.631. The summed E-state index contributed by atoms with van der Waals surface area (Å²) in [6, 6.07) is 0.275. The molecule has 0 saturated heterocycles. The molecule has 0 spiro atoms. The van der Waals surface area contributed by atoms with E-state index in [0.29, 0.717) is 15.9 Å². The first-order valence-corrected chi connectivity index (χ1v) is 7.30. The number of amides is 1. The van der Waals surface area contributed by atoms with Crippen molar-refractivity contribution in [2.45, 2.75) is 32.2 Å². The van der Waals surface area contributed by atoms with Crippen LogP contribution in [-0.2, 0) is 9.53 Å². The summed E-state index contributed by atoms with van der Waals surface area (Å²) in [5.41, 5.74) is 0. The molecule has 2 unspecified atom stereocenters. The lowest BCUT2D eigenvalue weighted by Crippen LogP contribution is -2.34. The molecule has 0 bridgehead atoms. The minimum Gasteiger partial charge on any atom is -0.465 e. The third-order valence-electron chi connectivity index (χ3n) is 3.66. The molecule has 2 fully saturated rings. The molecule has 3 rings (SSSR count). The van der Waals surface area contributed by atoms with E-state index in [1.165, 1.54) is 24.6 Å². The molecule has 2 aliphatic carbocycles. The second-order valence-electron chi connectivity index (χ2n) is 5.26. The highest BCUT2D eigenvalue weighted by Gasteiger charge is 2.46. The Hall–Kier alpha value is -1.43. The molecule has 19 heavy (non-hydrogen) atoms. The third kappa shape index (κ3) is 2.36. The van der Waals surface area contributed by atoms with E-state index in [9.17, 15) is 9.59 Å². The van der Waals surface area contributed by atoms with E-state index in [1.54, 1.807) is 4.90 Å². The first-order valence-electron chi connectivity index (χ1n) is 6.49.